The van der Waals surface area contributed by atoms with Gasteiger partial charge in [-0.15, -0.1) is 11.3 Å². The molecule has 0 atom stereocenters. The largest absolute Gasteiger partial charge is 0.332 e. The molecule has 5 rings (SSSR count). The Hall–Kier alpha value is -3.76. The summed E-state index contributed by atoms with van der Waals surface area (Å²) in [4.78, 5) is 46.1. The number of nitrogens with zero attached hydrogens (tertiary/aromatic N) is 5. The van der Waals surface area contributed by atoms with Gasteiger partial charge in [0.2, 0.25) is 5.91 Å². The maximum Gasteiger partial charge on any atom is 0.332 e. The van der Waals surface area contributed by atoms with Gasteiger partial charge < -0.3 is 9.88 Å². The van der Waals surface area contributed by atoms with Crippen LogP contribution >= 0.6 is 22.9 Å². The van der Waals surface area contributed by atoms with Crippen molar-refractivity contribution in [2.45, 2.75) is 6.54 Å². The van der Waals surface area contributed by atoms with Crippen LogP contribution in [0.3, 0.4) is 0 Å². The van der Waals surface area contributed by atoms with E-state index in [1.54, 1.807) is 18.2 Å². The Morgan fingerprint density at radius 2 is 1.91 bits per heavy atom. The number of para-hydroxylation sites is 1. The number of aromatic nitrogens is 5. The minimum atomic E-state index is -0.509. The molecule has 3 heterocycles. The molecule has 0 saturated heterocycles. The minimum Gasteiger partial charge on any atom is -0.325 e. The lowest BCUT2D eigenvalue weighted by atomic mass is 10.2. The van der Waals surface area contributed by atoms with Crippen molar-refractivity contribution in [3.63, 3.8) is 0 Å². The van der Waals surface area contributed by atoms with Gasteiger partial charge in [-0.1, -0.05) is 23.7 Å². The molecular weight excluding hydrogens is 464 g/mol. The Kier molecular flexibility index (Phi) is 5.10. The van der Waals surface area contributed by atoms with Gasteiger partial charge in [0.25, 0.3) is 5.56 Å². The zero-order valence-electron chi connectivity index (χ0n) is 17.6. The Morgan fingerprint density at radius 3 is 2.70 bits per heavy atom. The summed E-state index contributed by atoms with van der Waals surface area (Å²) in [5, 5.41) is 4.12. The second-order valence-electron chi connectivity index (χ2n) is 7.48. The van der Waals surface area contributed by atoms with Crippen LogP contribution in [-0.4, -0.2) is 29.6 Å². The maximum absolute atomic E-state index is 12.8. The molecule has 0 aliphatic heterocycles. The van der Waals surface area contributed by atoms with E-state index in [9.17, 15) is 14.4 Å². The van der Waals surface area contributed by atoms with E-state index in [0.717, 1.165) is 25.4 Å². The summed E-state index contributed by atoms with van der Waals surface area (Å²) in [5.41, 5.74) is 1.55. The fourth-order valence-electron chi connectivity index (χ4n) is 3.66. The van der Waals surface area contributed by atoms with Crippen molar-refractivity contribution in [3.8, 4) is 10.6 Å². The highest BCUT2D eigenvalue weighted by Crippen LogP contribution is 2.35. The Morgan fingerprint density at radius 1 is 1.12 bits per heavy atom. The Balaban J connectivity index is 1.44. The highest BCUT2D eigenvalue weighted by atomic mass is 35.5. The Bertz CT molecular complexity index is 1650. The molecule has 1 amide bonds. The van der Waals surface area contributed by atoms with Crippen LogP contribution in [0.2, 0.25) is 5.02 Å². The van der Waals surface area contributed by atoms with Gasteiger partial charge in [-0.2, -0.15) is 0 Å². The number of rotatable bonds is 4. The summed E-state index contributed by atoms with van der Waals surface area (Å²) in [6.45, 7) is -0.129. The predicted molar refractivity (Wildman–Crippen MR) is 129 cm³/mol. The summed E-state index contributed by atoms with van der Waals surface area (Å²) in [7, 11) is 2.92. The van der Waals surface area contributed by atoms with E-state index in [1.165, 1.54) is 40.9 Å². The van der Waals surface area contributed by atoms with Crippen molar-refractivity contribution in [3.05, 3.63) is 74.7 Å². The molecule has 0 bridgehead atoms. The number of fused-ring (bicyclic) bond motifs is 2. The van der Waals surface area contributed by atoms with Crippen molar-refractivity contribution >= 4 is 55.9 Å². The van der Waals surface area contributed by atoms with E-state index in [1.807, 2.05) is 24.3 Å². The second-order valence-corrected chi connectivity index (χ2v) is 8.92. The molecule has 0 saturated carbocycles. The Labute approximate surface area is 195 Å². The average Bonchev–Trinajstić information content (AvgIpc) is 3.42. The molecule has 11 heteroatoms. The zero-order chi connectivity index (χ0) is 23.3. The SMILES string of the molecule is Cn1c(=O)c2ncn(CC(=O)Nc3ccc(Cl)c(-c4nc5ccccc5s4)c3)c2n(C)c1=O. The topological polar surface area (TPSA) is 104 Å². The number of nitrogens with one attached hydrogen (secondary N) is 1. The molecule has 33 heavy (non-hydrogen) atoms. The number of amides is 1. The first-order valence-electron chi connectivity index (χ1n) is 9.89. The number of aryl methyl sites for hydroxylation is 1. The molecule has 9 nitrogen and oxygen atoms in total. The molecular formula is C22H17ClN6O3S. The lowest BCUT2D eigenvalue weighted by molar-refractivity contribution is -0.116. The number of imidazole rings is 1. The minimum absolute atomic E-state index is 0.122. The van der Waals surface area contributed by atoms with E-state index < -0.39 is 11.2 Å². The number of carbonyl (C=O) groups excluding carboxylic acids is 1. The highest BCUT2D eigenvalue weighted by Gasteiger charge is 2.17. The number of hydrogen-bond acceptors (Lipinski definition) is 6. The summed E-state index contributed by atoms with van der Waals surface area (Å²) in [5.74, 6) is -0.347. The normalized spacial score (nSPS) is 11.4. The van der Waals surface area contributed by atoms with Gasteiger partial charge in [0, 0.05) is 25.3 Å². The van der Waals surface area contributed by atoms with Crippen molar-refractivity contribution in [1.82, 2.24) is 23.7 Å². The first kappa shape index (κ1) is 21.1. The fourth-order valence-corrected chi connectivity index (χ4v) is 4.92. The molecule has 3 aromatic heterocycles. The standard InChI is InChI=1S/C22H17ClN6O3S/c1-27-20-18(21(31)28(2)22(27)32)24-11-29(20)10-17(30)25-12-7-8-14(23)13(9-12)19-26-15-5-3-4-6-16(15)33-19/h3-9,11H,10H2,1-2H3,(H,25,30). The molecule has 1 N–H and O–H groups in total. The smallest absolute Gasteiger partial charge is 0.325 e. The molecule has 5 aromatic rings. The molecule has 0 spiro atoms. The van der Waals surface area contributed by atoms with Crippen molar-refractivity contribution < 1.29 is 4.79 Å². The van der Waals surface area contributed by atoms with Crippen molar-refractivity contribution in [1.29, 1.82) is 0 Å². The zero-order valence-corrected chi connectivity index (χ0v) is 19.1. The summed E-state index contributed by atoms with van der Waals surface area (Å²) < 4.78 is 4.79. The van der Waals surface area contributed by atoms with Crippen LogP contribution in [0.15, 0.2) is 58.4 Å². The van der Waals surface area contributed by atoms with Crippen LogP contribution < -0.4 is 16.6 Å². The van der Waals surface area contributed by atoms with Crippen LogP contribution in [0.4, 0.5) is 5.69 Å². The number of anilines is 1. The number of hydrogen-bond donors (Lipinski definition) is 1. The lowest BCUT2D eigenvalue weighted by Gasteiger charge is -2.10. The van der Waals surface area contributed by atoms with Gasteiger partial charge >= 0.3 is 5.69 Å². The van der Waals surface area contributed by atoms with Gasteiger partial charge in [0.15, 0.2) is 5.52 Å². The van der Waals surface area contributed by atoms with Crippen molar-refractivity contribution in [2.24, 2.45) is 14.1 Å². The van der Waals surface area contributed by atoms with Gasteiger partial charge in [0.1, 0.15) is 17.2 Å². The first-order valence-corrected chi connectivity index (χ1v) is 11.1. The van der Waals surface area contributed by atoms with Crippen LogP contribution in [0.25, 0.3) is 32.0 Å². The average molecular weight is 481 g/mol. The summed E-state index contributed by atoms with van der Waals surface area (Å²) in [6.07, 6.45) is 1.37. The van der Waals surface area contributed by atoms with Gasteiger partial charge in [-0.3, -0.25) is 18.7 Å². The molecule has 0 radical (unpaired) electrons. The quantitative estimate of drug-likeness (QED) is 0.426. The molecule has 0 fully saturated rings. The highest BCUT2D eigenvalue weighted by molar-refractivity contribution is 7.21. The van der Waals surface area contributed by atoms with E-state index in [4.69, 9.17) is 11.6 Å². The number of thiazole rings is 1. The van der Waals surface area contributed by atoms with Gasteiger partial charge in [-0.05, 0) is 30.3 Å². The summed E-state index contributed by atoms with van der Waals surface area (Å²) in [6, 6.07) is 13.0. The molecule has 0 aliphatic carbocycles. The number of carbonyl (C=O) groups is 1. The van der Waals surface area contributed by atoms with Crippen LogP contribution in [-0.2, 0) is 25.4 Å². The molecule has 166 valence electrons. The van der Waals surface area contributed by atoms with E-state index >= 15 is 0 Å². The molecule has 0 aliphatic rings. The lowest BCUT2D eigenvalue weighted by Crippen LogP contribution is -2.37. The number of benzene rings is 2. The number of halogens is 1. The third-order valence-electron chi connectivity index (χ3n) is 5.30. The monoisotopic (exact) mass is 480 g/mol. The van der Waals surface area contributed by atoms with Crippen LogP contribution in [0.5, 0.6) is 0 Å². The van der Waals surface area contributed by atoms with Crippen molar-refractivity contribution in [2.75, 3.05) is 5.32 Å². The molecule has 0 unspecified atom stereocenters. The fraction of sp³-hybridized carbons (Fsp3) is 0.136. The summed E-state index contributed by atoms with van der Waals surface area (Å²) >= 11 is 7.93. The van der Waals surface area contributed by atoms with Crippen LogP contribution in [0.1, 0.15) is 0 Å². The maximum atomic E-state index is 12.8. The second kappa shape index (κ2) is 7.98. The van der Waals surface area contributed by atoms with E-state index in [0.29, 0.717) is 10.7 Å². The van der Waals surface area contributed by atoms with E-state index in [-0.39, 0.29) is 23.6 Å². The van der Waals surface area contributed by atoms with Crippen LogP contribution in [0, 0.1) is 0 Å². The third-order valence-corrected chi connectivity index (χ3v) is 6.70. The van der Waals surface area contributed by atoms with Gasteiger partial charge in [-0.25, -0.2) is 14.8 Å². The predicted octanol–water partition coefficient (Wildman–Crippen LogP) is 3.00. The third kappa shape index (κ3) is 3.62. The first-order chi connectivity index (χ1) is 15.8. The van der Waals surface area contributed by atoms with Gasteiger partial charge in [0.05, 0.1) is 21.6 Å². The van der Waals surface area contributed by atoms with E-state index in [2.05, 4.69) is 15.3 Å². The molecule has 2 aromatic carbocycles.